The van der Waals surface area contributed by atoms with E-state index < -0.39 is 18.5 Å². The fourth-order valence-electron chi connectivity index (χ4n) is 4.63. The van der Waals surface area contributed by atoms with Crippen LogP contribution in [0.1, 0.15) is 39.3 Å². The van der Waals surface area contributed by atoms with Gasteiger partial charge in [0.15, 0.2) is 0 Å². The second-order valence-electron chi connectivity index (χ2n) is 8.15. The van der Waals surface area contributed by atoms with Gasteiger partial charge in [-0.3, -0.25) is 0 Å². The van der Waals surface area contributed by atoms with Crippen LogP contribution in [0.3, 0.4) is 0 Å². The topological polar surface area (TPSA) is 38.3 Å². The number of halogens is 3. The molecule has 0 radical (unpaired) electrons. The zero-order valence-corrected chi connectivity index (χ0v) is 22.4. The molecule has 0 aliphatic heterocycles. The van der Waals surface area contributed by atoms with E-state index in [9.17, 15) is 17.7 Å². The average molecular weight is 487 g/mol. The van der Waals surface area contributed by atoms with Crippen molar-refractivity contribution in [3.05, 3.63) is 88.0 Å². The van der Waals surface area contributed by atoms with Gasteiger partial charge >= 0.3 is 64.5 Å². The van der Waals surface area contributed by atoms with Crippen molar-refractivity contribution in [2.45, 2.75) is 26.3 Å². The molecule has 1 N–H and O–H groups in total. The normalized spacial score (nSPS) is 12.2. The number of hydrogen-bond acceptors (Lipinski definition) is 2. The average Bonchev–Trinajstić information content (AvgIpc) is 3.10. The Morgan fingerprint density at radius 2 is 1.59 bits per heavy atom. The van der Waals surface area contributed by atoms with E-state index in [1.165, 1.54) is 19.9 Å². The molecular weight excluding hydrogens is 465 g/mol. The van der Waals surface area contributed by atoms with E-state index in [2.05, 4.69) is 11.2 Å². The molecule has 8 heteroatoms. The van der Waals surface area contributed by atoms with Crippen LogP contribution in [0.25, 0.3) is 11.1 Å². The van der Waals surface area contributed by atoms with Gasteiger partial charge in [0.1, 0.15) is 6.61 Å². The van der Waals surface area contributed by atoms with Crippen LogP contribution in [0.4, 0.5) is 17.7 Å². The first-order valence-corrected chi connectivity index (χ1v) is 10.6. The van der Waals surface area contributed by atoms with E-state index in [1.807, 2.05) is 48.5 Å². The first-order valence-electron chi connectivity index (χ1n) is 10.6. The number of rotatable bonds is 5. The Morgan fingerprint density at radius 3 is 2.12 bits per heavy atom. The smallest absolute Gasteiger partial charge is 0.449 e. The summed E-state index contributed by atoms with van der Waals surface area (Å²) in [6, 6.07) is 17.4. The third-order valence-corrected chi connectivity index (χ3v) is 6.26. The van der Waals surface area contributed by atoms with Gasteiger partial charge in [-0.15, -0.1) is 11.9 Å². The summed E-state index contributed by atoms with van der Waals surface area (Å²) in [4.78, 5) is 12.4. The molecule has 34 heavy (non-hydrogen) atoms. The van der Waals surface area contributed by atoms with Gasteiger partial charge in [-0.2, -0.15) is 0 Å². The molecule has 0 saturated carbocycles. The molecule has 3 aromatic rings. The predicted molar refractivity (Wildman–Crippen MR) is 124 cm³/mol. The number of fused-ring (bicyclic) bond motifs is 3. The molecule has 0 spiro atoms. The summed E-state index contributed by atoms with van der Waals surface area (Å²) in [5, 5.41) is 2.57. The maximum atomic E-state index is 13.6. The second kappa shape index (κ2) is 10.7. The van der Waals surface area contributed by atoms with Crippen LogP contribution >= 0.6 is 0 Å². The van der Waals surface area contributed by atoms with E-state index in [0.29, 0.717) is 5.56 Å². The van der Waals surface area contributed by atoms with Gasteiger partial charge in [0.05, 0.1) is 0 Å². The fraction of sp³-hybridized carbons (Fsp3) is 0.192. The summed E-state index contributed by atoms with van der Waals surface area (Å²) >= 11 is 0. The van der Waals surface area contributed by atoms with Gasteiger partial charge in [0.25, 0.3) is 0 Å². The molecule has 4 rings (SSSR count). The molecule has 0 heterocycles. The SMILES string of the molecule is C#Cc1cc(CNC(=O)OCC2c3ccccc3-c3ccccc32)c(C)c([B-](F)(F)F)c1C.[K+]. The summed E-state index contributed by atoms with van der Waals surface area (Å²) < 4.78 is 46.3. The number of carbonyl (C=O) groups excluding carboxylic acids is 1. The van der Waals surface area contributed by atoms with E-state index in [0.717, 1.165) is 22.3 Å². The number of nitrogens with one attached hydrogen (secondary N) is 1. The van der Waals surface area contributed by atoms with Gasteiger partial charge in [0.2, 0.25) is 0 Å². The molecule has 0 atom stereocenters. The van der Waals surface area contributed by atoms with Crippen LogP contribution in [0.15, 0.2) is 54.6 Å². The van der Waals surface area contributed by atoms with Crippen molar-refractivity contribution in [1.82, 2.24) is 5.32 Å². The molecule has 3 aromatic carbocycles. The summed E-state index contributed by atoms with van der Waals surface area (Å²) in [5.74, 6) is 2.21. The quantitative estimate of drug-likeness (QED) is 0.444. The standard InChI is InChI=1S/C26H22BF3NO2.K/c1-4-18-13-19(17(3)25(16(18)2)27(28,29)30)14-31-26(32)33-15-24-22-11-7-5-9-20(22)21-10-6-8-12-23(21)24;/h1,5-13,24H,14-15H2,2-3H3,(H,31,32);/q-1;+1. The van der Waals surface area contributed by atoms with Crippen molar-refractivity contribution in [1.29, 1.82) is 0 Å². The van der Waals surface area contributed by atoms with Crippen molar-refractivity contribution < 1.29 is 73.9 Å². The number of benzene rings is 3. The molecule has 3 nitrogen and oxygen atoms in total. The number of ether oxygens (including phenoxy) is 1. The first-order chi connectivity index (χ1) is 15.7. The number of amides is 1. The van der Waals surface area contributed by atoms with Crippen LogP contribution < -0.4 is 62.2 Å². The van der Waals surface area contributed by atoms with Gasteiger partial charge in [-0.05, 0) is 47.7 Å². The van der Waals surface area contributed by atoms with Crippen molar-refractivity contribution in [3.8, 4) is 23.5 Å². The van der Waals surface area contributed by atoms with Crippen LogP contribution in [0.2, 0.25) is 0 Å². The maximum Gasteiger partial charge on any atom is 1.00 e. The van der Waals surface area contributed by atoms with Gasteiger partial charge < -0.3 is 23.0 Å². The Bertz CT molecular complexity index is 1240. The van der Waals surface area contributed by atoms with Crippen LogP contribution in [0.5, 0.6) is 0 Å². The van der Waals surface area contributed by atoms with Crippen molar-refractivity contribution in [2.75, 3.05) is 6.61 Å². The summed E-state index contributed by atoms with van der Waals surface area (Å²) in [5.41, 5.74) is 4.27. The Kier molecular flexibility index (Phi) is 8.38. The molecule has 0 fully saturated rings. The number of terminal acetylenes is 1. The van der Waals surface area contributed by atoms with Gasteiger partial charge in [0, 0.05) is 18.0 Å². The zero-order chi connectivity index (χ0) is 23.8. The number of hydrogen-bond donors (Lipinski definition) is 1. The minimum atomic E-state index is -5.24. The van der Waals surface area contributed by atoms with Gasteiger partial charge in [-0.25, -0.2) is 4.79 Å². The molecule has 0 saturated heterocycles. The first kappa shape index (κ1) is 26.6. The van der Waals surface area contributed by atoms with Gasteiger partial charge in [-0.1, -0.05) is 65.6 Å². The van der Waals surface area contributed by atoms with Crippen LogP contribution in [-0.2, 0) is 11.3 Å². The summed E-state index contributed by atoms with van der Waals surface area (Å²) in [7, 11) is 0. The Morgan fingerprint density at radius 1 is 1.03 bits per heavy atom. The van der Waals surface area contributed by atoms with E-state index in [-0.39, 0.29) is 87.1 Å². The van der Waals surface area contributed by atoms with Crippen molar-refractivity contribution in [3.63, 3.8) is 0 Å². The van der Waals surface area contributed by atoms with E-state index in [1.54, 1.807) is 0 Å². The fourth-order valence-corrected chi connectivity index (χ4v) is 4.63. The Balaban J connectivity index is 0.00000324. The van der Waals surface area contributed by atoms with Crippen molar-refractivity contribution in [2.24, 2.45) is 0 Å². The predicted octanol–water partition coefficient (Wildman–Crippen LogP) is 2.38. The monoisotopic (exact) mass is 487 g/mol. The molecule has 1 aliphatic carbocycles. The second-order valence-corrected chi connectivity index (χ2v) is 8.15. The third-order valence-electron chi connectivity index (χ3n) is 6.26. The molecule has 1 aliphatic rings. The van der Waals surface area contributed by atoms with Crippen molar-refractivity contribution >= 4 is 18.5 Å². The van der Waals surface area contributed by atoms with E-state index >= 15 is 0 Å². The molecular formula is C26H22BF3KNO2. The largest absolute Gasteiger partial charge is 1.00 e. The summed E-state index contributed by atoms with van der Waals surface area (Å²) in [6.07, 6.45) is 4.71. The summed E-state index contributed by atoms with van der Waals surface area (Å²) in [6.45, 7) is -2.47. The van der Waals surface area contributed by atoms with Crippen LogP contribution in [-0.4, -0.2) is 19.7 Å². The number of carbonyl (C=O) groups is 1. The Labute approximate surface area is 240 Å². The minimum Gasteiger partial charge on any atom is -0.449 e. The zero-order valence-electron chi connectivity index (χ0n) is 19.3. The minimum absolute atomic E-state index is 0. The number of alkyl carbamates (subject to hydrolysis) is 1. The molecule has 0 unspecified atom stereocenters. The third kappa shape index (κ3) is 5.14. The molecule has 1 amide bonds. The maximum absolute atomic E-state index is 13.6. The Hall–Kier alpha value is -2.02. The molecule has 0 aromatic heterocycles. The molecule has 168 valence electrons. The van der Waals surface area contributed by atoms with E-state index in [4.69, 9.17) is 11.2 Å². The van der Waals surface area contributed by atoms with Crippen LogP contribution in [0, 0.1) is 26.2 Å². The molecule has 0 bridgehead atoms.